The van der Waals surface area contributed by atoms with Gasteiger partial charge in [0.25, 0.3) is 0 Å². The van der Waals surface area contributed by atoms with Gasteiger partial charge in [0.1, 0.15) is 0 Å². The lowest BCUT2D eigenvalue weighted by atomic mass is 9.97. The van der Waals surface area contributed by atoms with Gasteiger partial charge in [-0.05, 0) is 49.4 Å². The zero-order valence-corrected chi connectivity index (χ0v) is 13.2. The summed E-state index contributed by atoms with van der Waals surface area (Å²) in [4.78, 5) is 0. The minimum Gasteiger partial charge on any atom is -0.490 e. The predicted octanol–water partition coefficient (Wildman–Crippen LogP) is 3.93. The molecular formula is C18H27NO2. The van der Waals surface area contributed by atoms with Gasteiger partial charge in [-0.25, -0.2) is 0 Å². The van der Waals surface area contributed by atoms with E-state index in [1.54, 1.807) is 0 Å². The molecule has 1 aliphatic heterocycles. The maximum atomic E-state index is 5.78. The molecule has 0 bridgehead atoms. The highest BCUT2D eigenvalue weighted by Gasteiger charge is 2.23. The van der Waals surface area contributed by atoms with Crippen molar-refractivity contribution < 1.29 is 9.47 Å². The monoisotopic (exact) mass is 289 g/mol. The zero-order chi connectivity index (χ0) is 14.7. The average Bonchev–Trinajstić information content (AvgIpc) is 2.76. The van der Waals surface area contributed by atoms with E-state index >= 15 is 0 Å². The number of benzene rings is 1. The van der Waals surface area contributed by atoms with Crippen LogP contribution in [0, 0.1) is 11.8 Å². The van der Waals surface area contributed by atoms with Gasteiger partial charge in [0.05, 0.1) is 13.2 Å². The van der Waals surface area contributed by atoms with Crippen molar-refractivity contribution in [1.82, 2.24) is 5.32 Å². The molecule has 116 valence electrons. The van der Waals surface area contributed by atoms with Gasteiger partial charge in [-0.3, -0.25) is 0 Å². The molecule has 0 radical (unpaired) electrons. The molecule has 1 aromatic rings. The molecule has 1 aliphatic carbocycles. The van der Waals surface area contributed by atoms with Crippen molar-refractivity contribution in [2.24, 2.45) is 11.8 Å². The normalized spacial score (nSPS) is 26.4. The van der Waals surface area contributed by atoms with Crippen LogP contribution in [-0.2, 0) is 0 Å². The standard InChI is InChI=1S/C18H27NO2/c1-13-5-3-6-16(13)12-19-14(2)15-7-8-17-18(11-15)21-10-4-9-20-17/h7-8,11,13-14,16,19H,3-6,9-10,12H2,1-2H3. The lowest BCUT2D eigenvalue weighted by Crippen LogP contribution is -2.27. The maximum absolute atomic E-state index is 5.78. The first-order chi connectivity index (χ1) is 10.2. The van der Waals surface area contributed by atoms with Gasteiger partial charge in [0, 0.05) is 12.5 Å². The Hall–Kier alpha value is -1.22. The fraction of sp³-hybridized carbons (Fsp3) is 0.667. The minimum atomic E-state index is 0.356. The van der Waals surface area contributed by atoms with Crippen LogP contribution in [0.15, 0.2) is 18.2 Å². The van der Waals surface area contributed by atoms with Crippen LogP contribution < -0.4 is 14.8 Å². The van der Waals surface area contributed by atoms with Crippen LogP contribution in [0.4, 0.5) is 0 Å². The second kappa shape index (κ2) is 6.69. The topological polar surface area (TPSA) is 30.5 Å². The molecule has 0 saturated heterocycles. The summed E-state index contributed by atoms with van der Waals surface area (Å²) < 4.78 is 11.5. The first-order valence-corrected chi connectivity index (χ1v) is 8.37. The Morgan fingerprint density at radius 2 is 1.95 bits per heavy atom. The van der Waals surface area contributed by atoms with Gasteiger partial charge in [-0.15, -0.1) is 0 Å². The lowest BCUT2D eigenvalue weighted by Gasteiger charge is -2.21. The number of fused-ring (bicyclic) bond motifs is 1. The summed E-state index contributed by atoms with van der Waals surface area (Å²) in [6, 6.07) is 6.70. The fourth-order valence-corrected chi connectivity index (χ4v) is 3.42. The lowest BCUT2D eigenvalue weighted by molar-refractivity contribution is 0.297. The van der Waals surface area contributed by atoms with Gasteiger partial charge in [-0.2, -0.15) is 0 Å². The summed E-state index contributed by atoms with van der Waals surface area (Å²) in [7, 11) is 0. The van der Waals surface area contributed by atoms with Crippen molar-refractivity contribution in [3.8, 4) is 11.5 Å². The van der Waals surface area contributed by atoms with Crippen LogP contribution in [0.2, 0.25) is 0 Å². The summed E-state index contributed by atoms with van der Waals surface area (Å²) in [5, 5.41) is 3.70. The first kappa shape index (κ1) is 14.7. The molecule has 1 N–H and O–H groups in total. The Morgan fingerprint density at radius 3 is 2.71 bits per heavy atom. The molecule has 3 atom stereocenters. The van der Waals surface area contributed by atoms with Crippen molar-refractivity contribution >= 4 is 0 Å². The van der Waals surface area contributed by atoms with E-state index < -0.39 is 0 Å². The first-order valence-electron chi connectivity index (χ1n) is 8.37. The molecule has 3 rings (SSSR count). The molecular weight excluding hydrogens is 262 g/mol. The zero-order valence-electron chi connectivity index (χ0n) is 13.2. The van der Waals surface area contributed by atoms with Crippen LogP contribution in [0.5, 0.6) is 11.5 Å². The van der Waals surface area contributed by atoms with Crippen LogP contribution in [0.1, 0.15) is 51.1 Å². The van der Waals surface area contributed by atoms with Gasteiger partial charge < -0.3 is 14.8 Å². The maximum Gasteiger partial charge on any atom is 0.161 e. The molecule has 0 spiro atoms. The number of hydrogen-bond acceptors (Lipinski definition) is 3. The summed E-state index contributed by atoms with van der Waals surface area (Å²) in [6.07, 6.45) is 5.12. The molecule has 1 heterocycles. The summed E-state index contributed by atoms with van der Waals surface area (Å²) in [5.74, 6) is 3.49. The summed E-state index contributed by atoms with van der Waals surface area (Å²) in [6.45, 7) is 7.24. The third kappa shape index (κ3) is 3.52. The van der Waals surface area contributed by atoms with Crippen molar-refractivity contribution in [3.63, 3.8) is 0 Å². The Morgan fingerprint density at radius 1 is 1.14 bits per heavy atom. The second-order valence-corrected chi connectivity index (χ2v) is 6.55. The molecule has 1 fully saturated rings. The number of hydrogen-bond donors (Lipinski definition) is 1. The van der Waals surface area contributed by atoms with Gasteiger partial charge in [0.15, 0.2) is 11.5 Å². The average molecular weight is 289 g/mol. The van der Waals surface area contributed by atoms with Crippen molar-refractivity contribution in [3.05, 3.63) is 23.8 Å². The molecule has 0 aromatic heterocycles. The third-order valence-corrected chi connectivity index (χ3v) is 5.00. The molecule has 1 aromatic carbocycles. The van der Waals surface area contributed by atoms with Gasteiger partial charge in [-0.1, -0.05) is 25.8 Å². The number of ether oxygens (including phenoxy) is 2. The highest BCUT2D eigenvalue weighted by Crippen LogP contribution is 2.33. The van der Waals surface area contributed by atoms with E-state index in [1.165, 1.54) is 24.8 Å². The molecule has 21 heavy (non-hydrogen) atoms. The molecule has 1 saturated carbocycles. The smallest absolute Gasteiger partial charge is 0.161 e. The van der Waals surface area contributed by atoms with E-state index in [4.69, 9.17) is 9.47 Å². The quantitative estimate of drug-likeness (QED) is 0.911. The molecule has 3 unspecified atom stereocenters. The largest absolute Gasteiger partial charge is 0.490 e. The second-order valence-electron chi connectivity index (χ2n) is 6.55. The van der Waals surface area contributed by atoms with E-state index in [0.717, 1.165) is 49.5 Å². The minimum absolute atomic E-state index is 0.356. The van der Waals surface area contributed by atoms with Crippen molar-refractivity contribution in [2.45, 2.75) is 45.6 Å². The van der Waals surface area contributed by atoms with Crippen LogP contribution >= 0.6 is 0 Å². The third-order valence-electron chi connectivity index (χ3n) is 5.00. The van der Waals surface area contributed by atoms with Gasteiger partial charge >= 0.3 is 0 Å². The van der Waals surface area contributed by atoms with Crippen molar-refractivity contribution in [1.29, 1.82) is 0 Å². The van der Waals surface area contributed by atoms with Crippen molar-refractivity contribution in [2.75, 3.05) is 19.8 Å². The predicted molar refractivity (Wildman–Crippen MR) is 85.0 cm³/mol. The number of nitrogens with one attached hydrogen (secondary N) is 1. The Bertz CT molecular complexity index is 474. The van der Waals surface area contributed by atoms with Gasteiger partial charge in [0.2, 0.25) is 0 Å². The molecule has 3 nitrogen and oxygen atoms in total. The van der Waals surface area contributed by atoms with E-state index in [0.29, 0.717) is 6.04 Å². The van der Waals surface area contributed by atoms with E-state index in [-0.39, 0.29) is 0 Å². The van der Waals surface area contributed by atoms with E-state index in [9.17, 15) is 0 Å². The fourth-order valence-electron chi connectivity index (χ4n) is 3.42. The van der Waals surface area contributed by atoms with E-state index in [1.807, 2.05) is 6.07 Å². The molecule has 3 heteroatoms. The highest BCUT2D eigenvalue weighted by molar-refractivity contribution is 5.44. The summed E-state index contributed by atoms with van der Waals surface area (Å²) >= 11 is 0. The summed E-state index contributed by atoms with van der Waals surface area (Å²) in [5.41, 5.74) is 1.28. The Labute approximate surface area is 128 Å². The Balaban J connectivity index is 1.61. The van der Waals surface area contributed by atoms with Crippen LogP contribution in [0.25, 0.3) is 0 Å². The molecule has 0 amide bonds. The van der Waals surface area contributed by atoms with Crippen LogP contribution in [0.3, 0.4) is 0 Å². The van der Waals surface area contributed by atoms with E-state index in [2.05, 4.69) is 31.3 Å². The number of rotatable bonds is 4. The SMILES string of the molecule is CC(NCC1CCCC1C)c1ccc2c(c1)OCCCO2. The van der Waals surface area contributed by atoms with Crippen LogP contribution in [-0.4, -0.2) is 19.8 Å². The Kier molecular flexibility index (Phi) is 4.69. The highest BCUT2D eigenvalue weighted by atomic mass is 16.5. The molecule has 2 aliphatic rings.